The first-order chi connectivity index (χ1) is 6.63. The van der Waals surface area contributed by atoms with Crippen LogP contribution >= 0.6 is 0 Å². The average Bonchev–Trinajstić information content (AvgIpc) is 2.62. The summed E-state index contributed by atoms with van der Waals surface area (Å²) in [6, 6.07) is 0.657. The second-order valence-corrected chi connectivity index (χ2v) is 4.62. The monoisotopic (exact) mass is 194 g/mol. The Morgan fingerprint density at radius 2 is 2.36 bits per heavy atom. The maximum absolute atomic E-state index is 4.22. The van der Waals surface area contributed by atoms with Gasteiger partial charge in [0.2, 0.25) is 0 Å². The Bertz CT molecular complexity index is 316. The smallest absolute Gasteiger partial charge is 0.140 e. The average molecular weight is 194 g/mol. The van der Waals surface area contributed by atoms with Gasteiger partial charge in [0.25, 0.3) is 0 Å². The zero-order valence-corrected chi connectivity index (χ0v) is 9.12. The molecule has 1 unspecified atom stereocenters. The van der Waals surface area contributed by atoms with Crippen LogP contribution in [-0.4, -0.2) is 20.8 Å². The third kappa shape index (κ3) is 1.80. The molecule has 1 aromatic heterocycles. The van der Waals surface area contributed by atoms with Crippen LogP contribution in [0, 0.1) is 5.41 Å². The predicted molar refractivity (Wildman–Crippen MR) is 54.7 cm³/mol. The zero-order chi connectivity index (χ0) is 10.2. The third-order valence-electron chi connectivity index (χ3n) is 3.02. The normalized spacial score (nSPS) is 23.8. The molecule has 1 heterocycles. The van der Waals surface area contributed by atoms with Gasteiger partial charge >= 0.3 is 0 Å². The Kier molecular flexibility index (Phi) is 2.31. The summed E-state index contributed by atoms with van der Waals surface area (Å²) in [5.41, 5.74) is 0.483. The topological polar surface area (TPSA) is 42.7 Å². The second kappa shape index (κ2) is 3.35. The van der Waals surface area contributed by atoms with Crippen LogP contribution in [0.15, 0.2) is 6.33 Å². The van der Waals surface area contributed by atoms with Crippen molar-refractivity contribution in [2.45, 2.75) is 46.3 Å². The van der Waals surface area contributed by atoms with Crippen molar-refractivity contribution in [2.24, 2.45) is 5.41 Å². The van der Waals surface area contributed by atoms with Crippen LogP contribution in [0.5, 0.6) is 0 Å². The maximum Gasteiger partial charge on any atom is 0.140 e. The number of hydrogen-bond acceptors (Lipinski definition) is 3. The highest BCUT2D eigenvalue weighted by Gasteiger charge is 2.45. The molecule has 0 radical (unpaired) electrons. The lowest BCUT2D eigenvalue weighted by atomic mass is 10.2. The maximum atomic E-state index is 4.22. The van der Waals surface area contributed by atoms with E-state index in [1.807, 2.05) is 4.68 Å². The van der Waals surface area contributed by atoms with Crippen molar-refractivity contribution in [2.75, 3.05) is 0 Å². The molecule has 0 saturated heterocycles. The summed E-state index contributed by atoms with van der Waals surface area (Å²) < 4.78 is 1.93. The Morgan fingerprint density at radius 3 is 2.93 bits per heavy atom. The first-order valence-electron chi connectivity index (χ1n) is 5.23. The van der Waals surface area contributed by atoms with Crippen molar-refractivity contribution in [3.05, 3.63) is 12.2 Å². The van der Waals surface area contributed by atoms with Gasteiger partial charge in [0, 0.05) is 12.6 Å². The summed E-state index contributed by atoms with van der Waals surface area (Å²) in [6.45, 7) is 8.39. The molecule has 14 heavy (non-hydrogen) atoms. The Balaban J connectivity index is 1.87. The minimum Gasteiger partial charge on any atom is -0.306 e. The van der Waals surface area contributed by atoms with E-state index in [1.54, 1.807) is 6.33 Å². The first kappa shape index (κ1) is 9.65. The molecule has 2 rings (SSSR count). The molecule has 1 aliphatic rings. The molecule has 1 aliphatic carbocycles. The lowest BCUT2D eigenvalue weighted by molar-refractivity contribution is 0.514. The number of hydrogen-bond donors (Lipinski definition) is 1. The quantitative estimate of drug-likeness (QED) is 0.782. The minimum atomic E-state index is 0.483. The highest BCUT2D eigenvalue weighted by atomic mass is 15.3. The summed E-state index contributed by atoms with van der Waals surface area (Å²) in [6.07, 6.45) is 2.89. The summed E-state index contributed by atoms with van der Waals surface area (Å²) in [5, 5.41) is 7.64. The van der Waals surface area contributed by atoms with Gasteiger partial charge in [-0.1, -0.05) is 13.8 Å². The van der Waals surface area contributed by atoms with E-state index in [2.05, 4.69) is 36.2 Å². The number of nitrogens with one attached hydrogen (secondary N) is 1. The van der Waals surface area contributed by atoms with Crippen LogP contribution in [0.2, 0.25) is 0 Å². The van der Waals surface area contributed by atoms with E-state index in [0.717, 1.165) is 18.9 Å². The molecule has 0 bridgehead atoms. The van der Waals surface area contributed by atoms with Crippen molar-refractivity contribution in [1.82, 2.24) is 20.1 Å². The molecule has 0 aliphatic heterocycles. The molecule has 0 spiro atoms. The van der Waals surface area contributed by atoms with Gasteiger partial charge in [-0.25, -0.2) is 9.67 Å². The lowest BCUT2D eigenvalue weighted by Gasteiger charge is -2.06. The molecule has 1 fully saturated rings. The molecule has 1 saturated carbocycles. The Hall–Kier alpha value is -0.900. The van der Waals surface area contributed by atoms with Crippen LogP contribution in [0.25, 0.3) is 0 Å². The first-order valence-corrected chi connectivity index (χ1v) is 5.23. The van der Waals surface area contributed by atoms with Crippen molar-refractivity contribution >= 4 is 0 Å². The van der Waals surface area contributed by atoms with Gasteiger partial charge in [-0.3, -0.25) is 0 Å². The summed E-state index contributed by atoms with van der Waals surface area (Å²) in [7, 11) is 0. The Labute approximate surface area is 84.7 Å². The van der Waals surface area contributed by atoms with E-state index in [4.69, 9.17) is 0 Å². The predicted octanol–water partition coefficient (Wildman–Crippen LogP) is 1.19. The summed E-state index contributed by atoms with van der Waals surface area (Å²) in [4.78, 5) is 4.22. The lowest BCUT2D eigenvalue weighted by Crippen LogP contribution is -2.22. The highest BCUT2D eigenvalue weighted by molar-refractivity contribution is 5.02. The van der Waals surface area contributed by atoms with Gasteiger partial charge in [-0.15, -0.1) is 0 Å². The zero-order valence-electron chi connectivity index (χ0n) is 9.12. The summed E-state index contributed by atoms with van der Waals surface area (Å²) >= 11 is 0. The molecule has 0 amide bonds. The number of nitrogens with zero attached hydrogens (tertiary/aromatic N) is 3. The van der Waals surface area contributed by atoms with Crippen molar-refractivity contribution in [1.29, 1.82) is 0 Å². The minimum absolute atomic E-state index is 0.483. The van der Waals surface area contributed by atoms with Gasteiger partial charge in [0.15, 0.2) is 0 Å². The fourth-order valence-electron chi connectivity index (χ4n) is 1.72. The number of rotatable bonds is 4. The fourth-order valence-corrected chi connectivity index (χ4v) is 1.72. The molecule has 4 nitrogen and oxygen atoms in total. The highest BCUT2D eigenvalue weighted by Crippen LogP contribution is 2.44. The third-order valence-corrected chi connectivity index (χ3v) is 3.02. The molecule has 0 aromatic carbocycles. The van der Waals surface area contributed by atoms with Crippen LogP contribution in [0.1, 0.15) is 33.0 Å². The Morgan fingerprint density at radius 1 is 1.64 bits per heavy atom. The largest absolute Gasteiger partial charge is 0.306 e. The standard InChI is InChI=1S/C10H18N4/c1-4-14-9(12-7-13-14)6-11-8-5-10(8,2)3/h7-8,11H,4-6H2,1-3H3. The summed E-state index contributed by atoms with van der Waals surface area (Å²) in [5.74, 6) is 1.04. The van der Waals surface area contributed by atoms with Gasteiger partial charge in [-0.05, 0) is 18.8 Å². The van der Waals surface area contributed by atoms with E-state index < -0.39 is 0 Å². The molecule has 1 atom stereocenters. The van der Waals surface area contributed by atoms with Gasteiger partial charge in [-0.2, -0.15) is 5.10 Å². The SMILES string of the molecule is CCn1ncnc1CNC1CC1(C)C. The molecule has 78 valence electrons. The molecular weight excluding hydrogens is 176 g/mol. The molecule has 4 heteroatoms. The van der Waals surface area contributed by atoms with E-state index >= 15 is 0 Å². The fraction of sp³-hybridized carbons (Fsp3) is 0.800. The van der Waals surface area contributed by atoms with Gasteiger partial charge in [0.05, 0.1) is 6.54 Å². The molecule has 1 N–H and O–H groups in total. The van der Waals surface area contributed by atoms with Crippen molar-refractivity contribution < 1.29 is 0 Å². The van der Waals surface area contributed by atoms with E-state index in [-0.39, 0.29) is 0 Å². The van der Waals surface area contributed by atoms with Crippen molar-refractivity contribution in [3.8, 4) is 0 Å². The van der Waals surface area contributed by atoms with Crippen LogP contribution < -0.4 is 5.32 Å². The van der Waals surface area contributed by atoms with Gasteiger partial charge in [0.1, 0.15) is 12.2 Å². The van der Waals surface area contributed by atoms with E-state index in [0.29, 0.717) is 11.5 Å². The van der Waals surface area contributed by atoms with Crippen LogP contribution in [0.3, 0.4) is 0 Å². The number of aromatic nitrogens is 3. The molecular formula is C10H18N4. The van der Waals surface area contributed by atoms with Crippen LogP contribution in [-0.2, 0) is 13.1 Å². The second-order valence-electron chi connectivity index (χ2n) is 4.62. The van der Waals surface area contributed by atoms with Crippen LogP contribution in [0.4, 0.5) is 0 Å². The van der Waals surface area contributed by atoms with E-state index in [1.165, 1.54) is 6.42 Å². The van der Waals surface area contributed by atoms with Crippen molar-refractivity contribution in [3.63, 3.8) is 0 Å². The van der Waals surface area contributed by atoms with E-state index in [9.17, 15) is 0 Å². The number of aryl methyl sites for hydroxylation is 1. The van der Waals surface area contributed by atoms with Gasteiger partial charge < -0.3 is 5.32 Å². The molecule has 1 aromatic rings.